The first kappa shape index (κ1) is 14.8. The molecule has 2 rings (SSSR count). The predicted octanol–water partition coefficient (Wildman–Crippen LogP) is 4.04. The second kappa shape index (κ2) is 5.42. The molecule has 0 radical (unpaired) electrons. The summed E-state index contributed by atoms with van der Waals surface area (Å²) < 4.78 is 6.62. The first-order valence-electron chi connectivity index (χ1n) is 5.87. The molecule has 0 aliphatic carbocycles. The molecule has 0 aliphatic heterocycles. The smallest absolute Gasteiger partial charge is 0.419 e. The van der Waals surface area contributed by atoms with Crippen LogP contribution in [0.2, 0.25) is 10.3 Å². The van der Waals surface area contributed by atoms with E-state index in [-0.39, 0.29) is 16.1 Å². The van der Waals surface area contributed by atoms with Gasteiger partial charge in [0.2, 0.25) is 0 Å². The van der Waals surface area contributed by atoms with Crippen molar-refractivity contribution in [1.29, 1.82) is 0 Å². The Balaban J connectivity index is 2.40. The van der Waals surface area contributed by atoms with Crippen LogP contribution in [-0.2, 0) is 4.74 Å². The van der Waals surface area contributed by atoms with Gasteiger partial charge in [0.05, 0.1) is 5.69 Å². The van der Waals surface area contributed by atoms with Crippen LogP contribution in [-0.4, -0.2) is 26.2 Å². The van der Waals surface area contributed by atoms with Crippen molar-refractivity contribution < 1.29 is 9.53 Å². The number of rotatable bonds is 1. The minimum atomic E-state index is -0.592. The Kier molecular flexibility index (Phi) is 4.01. The fourth-order valence-electron chi connectivity index (χ4n) is 1.54. The third-order valence-corrected chi connectivity index (χ3v) is 2.62. The van der Waals surface area contributed by atoms with Gasteiger partial charge in [-0.2, -0.15) is 0 Å². The lowest BCUT2D eigenvalue weighted by molar-refractivity contribution is 0.0540. The van der Waals surface area contributed by atoms with Gasteiger partial charge in [-0.1, -0.05) is 23.2 Å². The van der Waals surface area contributed by atoms with Crippen LogP contribution in [0.1, 0.15) is 20.8 Å². The van der Waals surface area contributed by atoms with Gasteiger partial charge in [0.25, 0.3) is 0 Å². The summed E-state index contributed by atoms with van der Waals surface area (Å²) in [4.78, 5) is 20.2. The number of ether oxygens (including phenoxy) is 1. The molecule has 0 saturated carbocycles. The van der Waals surface area contributed by atoms with Gasteiger partial charge in [-0.25, -0.2) is 19.3 Å². The number of carbonyl (C=O) groups is 1. The summed E-state index contributed by atoms with van der Waals surface area (Å²) in [5, 5.41) is 0.411. The van der Waals surface area contributed by atoms with Crippen molar-refractivity contribution >= 4 is 29.3 Å². The molecule has 106 valence electrons. The van der Waals surface area contributed by atoms with Crippen LogP contribution in [0, 0.1) is 0 Å². The summed E-state index contributed by atoms with van der Waals surface area (Å²) in [6.07, 6.45) is 1.05. The average Bonchev–Trinajstić information content (AvgIpc) is 2.73. The molecule has 0 spiro atoms. The van der Waals surface area contributed by atoms with Gasteiger partial charge in [-0.05, 0) is 32.9 Å². The van der Waals surface area contributed by atoms with Crippen LogP contribution in [0.25, 0.3) is 11.5 Å². The molecule has 2 aromatic heterocycles. The molecule has 20 heavy (non-hydrogen) atoms. The van der Waals surface area contributed by atoms with E-state index in [4.69, 9.17) is 27.9 Å². The Bertz CT molecular complexity index is 627. The highest BCUT2D eigenvalue weighted by atomic mass is 35.5. The maximum Gasteiger partial charge on any atom is 0.419 e. The number of hydrogen-bond acceptors (Lipinski definition) is 4. The van der Waals surface area contributed by atoms with Crippen molar-refractivity contribution in [2.75, 3.05) is 0 Å². The maximum absolute atomic E-state index is 12.1. The molecular formula is C13H13Cl2N3O2. The van der Waals surface area contributed by atoms with E-state index in [0.29, 0.717) is 5.69 Å². The monoisotopic (exact) mass is 313 g/mol. The molecule has 2 heterocycles. The van der Waals surface area contributed by atoms with E-state index in [1.54, 1.807) is 39.1 Å². The maximum atomic E-state index is 12.1. The lowest BCUT2D eigenvalue weighted by Gasteiger charge is -2.20. The number of aromatic nitrogens is 3. The first-order chi connectivity index (χ1) is 9.26. The Labute approximate surface area is 126 Å². The van der Waals surface area contributed by atoms with Gasteiger partial charge in [0, 0.05) is 12.3 Å². The normalized spacial score (nSPS) is 11.4. The predicted molar refractivity (Wildman–Crippen MR) is 77.1 cm³/mol. The minimum absolute atomic E-state index is 0.205. The zero-order chi connectivity index (χ0) is 14.9. The highest BCUT2D eigenvalue weighted by Gasteiger charge is 2.21. The summed E-state index contributed by atoms with van der Waals surface area (Å²) in [7, 11) is 0. The molecule has 0 saturated heterocycles. The van der Waals surface area contributed by atoms with E-state index >= 15 is 0 Å². The van der Waals surface area contributed by atoms with Crippen LogP contribution in [0.5, 0.6) is 0 Å². The van der Waals surface area contributed by atoms with Crippen molar-refractivity contribution in [2.45, 2.75) is 26.4 Å². The zero-order valence-corrected chi connectivity index (χ0v) is 12.7. The van der Waals surface area contributed by atoms with Crippen LogP contribution in [0.4, 0.5) is 4.79 Å². The summed E-state index contributed by atoms with van der Waals surface area (Å²) in [6.45, 7) is 5.38. The van der Waals surface area contributed by atoms with Gasteiger partial charge in [-0.3, -0.25) is 0 Å². The standard InChI is InChI=1S/C13H13Cl2N3O2/c1-13(2,3)20-12(19)18-6-4-5-8(18)11-16-9(14)7-10(15)17-11/h4-7H,1-3H3. The molecule has 7 heteroatoms. The van der Waals surface area contributed by atoms with Crippen LogP contribution < -0.4 is 0 Å². The highest BCUT2D eigenvalue weighted by Crippen LogP contribution is 2.22. The van der Waals surface area contributed by atoms with Gasteiger partial charge >= 0.3 is 6.09 Å². The molecule has 0 aromatic carbocycles. The summed E-state index contributed by atoms with van der Waals surface area (Å²) in [5.74, 6) is 0.262. The molecule has 0 atom stereocenters. The molecule has 0 bridgehead atoms. The lowest BCUT2D eigenvalue weighted by Crippen LogP contribution is -2.27. The van der Waals surface area contributed by atoms with Gasteiger partial charge < -0.3 is 4.74 Å². The molecule has 0 aliphatic rings. The van der Waals surface area contributed by atoms with E-state index < -0.39 is 11.7 Å². The Hall–Kier alpha value is -1.59. The summed E-state index contributed by atoms with van der Waals surface area (Å²) in [6, 6.07) is 4.80. The average molecular weight is 314 g/mol. The van der Waals surface area contributed by atoms with E-state index in [0.717, 1.165) is 0 Å². The fourth-order valence-corrected chi connectivity index (χ4v) is 1.96. The van der Waals surface area contributed by atoms with Crippen molar-refractivity contribution in [3.63, 3.8) is 0 Å². The van der Waals surface area contributed by atoms with Crippen molar-refractivity contribution in [3.8, 4) is 11.5 Å². The molecule has 0 N–H and O–H groups in total. The number of carbonyl (C=O) groups excluding carboxylic acids is 1. The molecule has 2 aromatic rings. The van der Waals surface area contributed by atoms with E-state index in [1.165, 1.54) is 10.6 Å². The van der Waals surface area contributed by atoms with Gasteiger partial charge in [0.15, 0.2) is 5.82 Å². The third kappa shape index (κ3) is 3.49. The Morgan fingerprint density at radius 1 is 1.25 bits per heavy atom. The molecule has 0 unspecified atom stereocenters. The number of halogens is 2. The largest absolute Gasteiger partial charge is 0.443 e. The quantitative estimate of drug-likeness (QED) is 0.746. The minimum Gasteiger partial charge on any atom is -0.443 e. The highest BCUT2D eigenvalue weighted by molar-refractivity contribution is 6.33. The fraction of sp³-hybridized carbons (Fsp3) is 0.308. The van der Waals surface area contributed by atoms with Crippen LogP contribution >= 0.6 is 23.2 Å². The Morgan fingerprint density at radius 2 is 1.85 bits per heavy atom. The van der Waals surface area contributed by atoms with Crippen molar-refractivity contribution in [1.82, 2.24) is 14.5 Å². The SMILES string of the molecule is CC(C)(C)OC(=O)n1cccc1-c1nc(Cl)cc(Cl)n1. The summed E-state index contributed by atoms with van der Waals surface area (Å²) >= 11 is 11.7. The number of hydrogen-bond donors (Lipinski definition) is 0. The molecular weight excluding hydrogens is 301 g/mol. The zero-order valence-electron chi connectivity index (χ0n) is 11.2. The molecule has 0 fully saturated rings. The second-order valence-electron chi connectivity index (χ2n) is 5.08. The van der Waals surface area contributed by atoms with Gasteiger partial charge in [-0.15, -0.1) is 0 Å². The topological polar surface area (TPSA) is 57.0 Å². The molecule has 0 amide bonds. The van der Waals surface area contributed by atoms with Gasteiger partial charge in [0.1, 0.15) is 15.9 Å². The van der Waals surface area contributed by atoms with Crippen LogP contribution in [0.15, 0.2) is 24.4 Å². The van der Waals surface area contributed by atoms with E-state index in [2.05, 4.69) is 9.97 Å². The Morgan fingerprint density at radius 3 is 2.40 bits per heavy atom. The van der Waals surface area contributed by atoms with Crippen LogP contribution in [0.3, 0.4) is 0 Å². The molecule has 5 nitrogen and oxygen atoms in total. The van der Waals surface area contributed by atoms with E-state index in [9.17, 15) is 4.79 Å². The first-order valence-corrected chi connectivity index (χ1v) is 6.63. The summed E-state index contributed by atoms with van der Waals surface area (Å²) in [5.41, 5.74) is -0.130. The third-order valence-electron chi connectivity index (χ3n) is 2.23. The van der Waals surface area contributed by atoms with Crippen molar-refractivity contribution in [2.24, 2.45) is 0 Å². The van der Waals surface area contributed by atoms with Crippen molar-refractivity contribution in [3.05, 3.63) is 34.7 Å². The number of nitrogens with zero attached hydrogens (tertiary/aromatic N) is 3. The second-order valence-corrected chi connectivity index (χ2v) is 5.86. The lowest BCUT2D eigenvalue weighted by atomic mass is 10.2. The van der Waals surface area contributed by atoms with E-state index in [1.807, 2.05) is 0 Å².